The first-order chi connectivity index (χ1) is 16.4. The lowest BCUT2D eigenvalue weighted by molar-refractivity contribution is -0.126. The maximum atomic E-state index is 14.8. The number of aromatic nitrogens is 2. The Morgan fingerprint density at radius 1 is 1.21 bits per heavy atom. The normalized spacial score (nSPS) is 16.9. The number of allylic oxidation sites excluding steroid dienone is 3. The van der Waals surface area contributed by atoms with Crippen molar-refractivity contribution >= 4 is 39.7 Å². The lowest BCUT2D eigenvalue weighted by Gasteiger charge is -2.35. The Kier molecular flexibility index (Phi) is 7.22. The number of carbonyl (C=O) groups is 1. The van der Waals surface area contributed by atoms with Gasteiger partial charge in [0.2, 0.25) is 5.91 Å². The fourth-order valence-electron chi connectivity index (χ4n) is 4.83. The molecule has 6 nitrogen and oxygen atoms in total. The summed E-state index contributed by atoms with van der Waals surface area (Å²) in [5, 5.41) is 21.7. The molecule has 0 saturated carbocycles. The van der Waals surface area contributed by atoms with Crippen LogP contribution in [0.2, 0.25) is 5.02 Å². The van der Waals surface area contributed by atoms with E-state index >= 15 is 0 Å². The van der Waals surface area contributed by atoms with E-state index in [2.05, 4.69) is 35.5 Å². The van der Waals surface area contributed by atoms with Crippen LogP contribution in [0.15, 0.2) is 42.4 Å². The van der Waals surface area contributed by atoms with Crippen molar-refractivity contribution in [1.82, 2.24) is 15.1 Å². The van der Waals surface area contributed by atoms with E-state index in [1.165, 1.54) is 6.08 Å². The van der Waals surface area contributed by atoms with Gasteiger partial charge in [-0.2, -0.15) is 5.10 Å². The van der Waals surface area contributed by atoms with Crippen LogP contribution in [0.1, 0.15) is 56.7 Å². The highest BCUT2D eigenvalue weighted by atomic mass is 35.5. The molecule has 0 bridgehead atoms. The van der Waals surface area contributed by atoms with Crippen molar-refractivity contribution in [3.63, 3.8) is 0 Å². The van der Waals surface area contributed by atoms with Crippen LogP contribution in [0.4, 0.5) is 10.2 Å². The summed E-state index contributed by atoms with van der Waals surface area (Å²) in [5.41, 5.74) is 1.47. The Bertz CT molecular complexity index is 1180. The molecular weight excluding hydrogens is 455 g/mol. The number of benzene rings is 1. The zero-order chi connectivity index (χ0) is 24.4. The summed E-state index contributed by atoms with van der Waals surface area (Å²) >= 11 is 6.69. The lowest BCUT2D eigenvalue weighted by atomic mass is 9.91. The highest BCUT2D eigenvalue weighted by Gasteiger charge is 2.27. The van der Waals surface area contributed by atoms with Crippen molar-refractivity contribution in [3.05, 3.63) is 58.7 Å². The molecule has 0 spiro atoms. The topological polar surface area (TPSA) is 69.6 Å². The van der Waals surface area contributed by atoms with Crippen LogP contribution in [0.5, 0.6) is 0 Å². The molecule has 4 rings (SSSR count). The average Bonchev–Trinajstić information content (AvgIpc) is 2.84. The summed E-state index contributed by atoms with van der Waals surface area (Å²) < 4.78 is 14.8. The van der Waals surface area contributed by atoms with E-state index < -0.39 is 0 Å². The third kappa shape index (κ3) is 4.41. The second-order valence-corrected chi connectivity index (χ2v) is 9.13. The Morgan fingerprint density at radius 3 is 2.53 bits per heavy atom. The number of hydrogen-bond donors (Lipinski definition) is 1. The molecule has 1 aromatic carbocycles. The number of fused-ring (bicyclic) bond motifs is 1. The molecule has 1 amide bonds. The number of aliphatic hydroxyl groups is 1. The van der Waals surface area contributed by atoms with Crippen LogP contribution < -0.4 is 4.90 Å². The highest BCUT2D eigenvalue weighted by Crippen LogP contribution is 2.41. The number of piperazine rings is 1. The monoisotopic (exact) mass is 484 g/mol. The second-order valence-electron chi connectivity index (χ2n) is 8.72. The van der Waals surface area contributed by atoms with Crippen LogP contribution in [0.25, 0.3) is 16.3 Å². The third-order valence-electron chi connectivity index (χ3n) is 6.81. The molecule has 0 radical (unpaired) electrons. The largest absolute Gasteiger partial charge is 0.508 e. The molecule has 8 heteroatoms. The van der Waals surface area contributed by atoms with E-state index in [1.807, 2.05) is 12.1 Å². The number of anilines is 1. The number of hydrogen-bond acceptors (Lipinski definition) is 5. The van der Waals surface area contributed by atoms with Crippen molar-refractivity contribution in [3.8, 4) is 0 Å². The maximum absolute atomic E-state index is 14.8. The summed E-state index contributed by atoms with van der Waals surface area (Å²) in [6.07, 6.45) is 5.44. The van der Waals surface area contributed by atoms with Crippen LogP contribution in [-0.4, -0.2) is 52.3 Å². The van der Waals surface area contributed by atoms with Crippen LogP contribution in [0.3, 0.4) is 0 Å². The molecular formula is C26H30ClFN4O2. The van der Waals surface area contributed by atoms with Crippen molar-refractivity contribution < 1.29 is 14.3 Å². The molecule has 1 N–H and O–H groups in total. The average molecular weight is 485 g/mol. The predicted octanol–water partition coefficient (Wildman–Crippen LogP) is 5.94. The predicted molar refractivity (Wildman–Crippen MR) is 135 cm³/mol. The van der Waals surface area contributed by atoms with Gasteiger partial charge in [-0.15, -0.1) is 5.10 Å². The molecule has 2 aromatic rings. The quantitative estimate of drug-likeness (QED) is 0.514. The van der Waals surface area contributed by atoms with E-state index in [1.54, 1.807) is 11.0 Å². The number of carbonyl (C=O) groups excluding carboxylic acids is 1. The second kappa shape index (κ2) is 10.1. The summed E-state index contributed by atoms with van der Waals surface area (Å²) in [6.45, 7) is 10.1. The Morgan fingerprint density at radius 2 is 1.91 bits per heavy atom. The smallest absolute Gasteiger partial charge is 0.246 e. The number of amides is 1. The summed E-state index contributed by atoms with van der Waals surface area (Å²) in [5.74, 6) is 0.356. The van der Waals surface area contributed by atoms with Gasteiger partial charge in [0, 0.05) is 59.9 Å². The van der Waals surface area contributed by atoms with Gasteiger partial charge in [-0.25, -0.2) is 4.39 Å². The number of rotatable bonds is 6. The Balaban J connectivity index is 1.85. The maximum Gasteiger partial charge on any atom is 0.246 e. The van der Waals surface area contributed by atoms with E-state index in [0.717, 1.165) is 29.3 Å². The SMILES string of the molecule is C=CC(=O)N1CCN(c2nnc(C(CC)CC)c3cc(C4=C(F)CCC=C4O)c(Cl)cc23)CC1. The highest BCUT2D eigenvalue weighted by molar-refractivity contribution is 6.33. The lowest BCUT2D eigenvalue weighted by Crippen LogP contribution is -2.48. The van der Waals surface area contributed by atoms with Crippen molar-refractivity contribution in [1.29, 1.82) is 0 Å². The standard InChI is InChI=1S/C26H30ClFN4O2/c1-4-16(5-2)25-17-14-19(24-21(28)8-7-9-22(24)33)20(27)15-18(17)26(30-29-25)32-12-10-31(11-13-32)23(34)6-3/h6,9,14-16,33H,3-5,7-8,10-13H2,1-2H3. The van der Waals surface area contributed by atoms with E-state index in [0.29, 0.717) is 49.0 Å². The molecule has 0 unspecified atom stereocenters. The van der Waals surface area contributed by atoms with Crippen molar-refractivity contribution in [2.45, 2.75) is 45.4 Å². The number of aliphatic hydroxyl groups excluding tert-OH is 1. The minimum atomic E-state index is -0.365. The van der Waals surface area contributed by atoms with Gasteiger partial charge < -0.3 is 14.9 Å². The fourth-order valence-corrected chi connectivity index (χ4v) is 5.09. The minimum Gasteiger partial charge on any atom is -0.508 e. The van der Waals surface area contributed by atoms with Crippen LogP contribution in [-0.2, 0) is 4.79 Å². The molecule has 2 aliphatic rings. The molecule has 1 saturated heterocycles. The first-order valence-corrected chi connectivity index (χ1v) is 12.2. The van der Waals surface area contributed by atoms with E-state index in [9.17, 15) is 14.3 Å². The molecule has 0 atom stereocenters. The molecule has 1 fully saturated rings. The third-order valence-corrected chi connectivity index (χ3v) is 7.13. The molecule has 1 aromatic heterocycles. The summed E-state index contributed by atoms with van der Waals surface area (Å²) in [6, 6.07) is 3.66. The Labute approximate surface area is 204 Å². The number of nitrogens with zero attached hydrogens (tertiary/aromatic N) is 4. The van der Waals surface area contributed by atoms with Crippen LogP contribution in [0, 0.1) is 0 Å². The first kappa shape index (κ1) is 24.2. The summed E-state index contributed by atoms with van der Waals surface area (Å²) in [7, 11) is 0. The number of halogens is 2. The van der Waals surface area contributed by atoms with Gasteiger partial charge in [0.25, 0.3) is 0 Å². The van der Waals surface area contributed by atoms with Gasteiger partial charge in [0.1, 0.15) is 11.6 Å². The molecule has 180 valence electrons. The van der Waals surface area contributed by atoms with Crippen LogP contribution >= 0.6 is 11.6 Å². The zero-order valence-corrected chi connectivity index (χ0v) is 20.4. The Hall–Kier alpha value is -2.93. The van der Waals surface area contributed by atoms with Gasteiger partial charge in [0.15, 0.2) is 5.82 Å². The fraction of sp³-hybridized carbons (Fsp3) is 0.423. The molecule has 34 heavy (non-hydrogen) atoms. The first-order valence-electron chi connectivity index (χ1n) is 11.8. The molecule has 1 aliphatic carbocycles. The van der Waals surface area contributed by atoms with E-state index in [-0.39, 0.29) is 35.4 Å². The van der Waals surface area contributed by atoms with Crippen molar-refractivity contribution in [2.24, 2.45) is 0 Å². The molecule has 2 heterocycles. The van der Waals surface area contributed by atoms with Gasteiger partial charge in [0.05, 0.1) is 11.3 Å². The van der Waals surface area contributed by atoms with Gasteiger partial charge >= 0.3 is 0 Å². The van der Waals surface area contributed by atoms with Crippen molar-refractivity contribution in [2.75, 3.05) is 31.1 Å². The van der Waals surface area contributed by atoms with E-state index in [4.69, 9.17) is 11.6 Å². The summed E-state index contributed by atoms with van der Waals surface area (Å²) in [4.78, 5) is 15.8. The molecule has 1 aliphatic heterocycles. The van der Waals surface area contributed by atoms with Gasteiger partial charge in [-0.05, 0) is 43.5 Å². The minimum absolute atomic E-state index is 0.0806. The van der Waals surface area contributed by atoms with Gasteiger partial charge in [-0.3, -0.25) is 4.79 Å². The zero-order valence-electron chi connectivity index (χ0n) is 19.7. The van der Waals surface area contributed by atoms with Gasteiger partial charge in [-0.1, -0.05) is 32.0 Å².